The fourth-order valence-electron chi connectivity index (χ4n) is 2.11. The molecule has 5 nitrogen and oxygen atoms in total. The maximum atomic E-state index is 9.06. The standard InChI is InChI=1S/C20H24N3O2PS/c1-3-18(2)24-26(27,25-20-13-8-5-9-14-20)23(16-10-15-21)17-22-19-11-6-4-7-12-19/h4-9,11-14,17-18H,3,10,16H2,1-2H3. The predicted octanol–water partition coefficient (Wildman–Crippen LogP) is 5.68. The van der Waals surface area contributed by atoms with E-state index in [4.69, 9.17) is 26.1 Å². The fourth-order valence-corrected chi connectivity index (χ4v) is 4.96. The lowest BCUT2D eigenvalue weighted by Crippen LogP contribution is -2.26. The zero-order valence-electron chi connectivity index (χ0n) is 15.6. The quantitative estimate of drug-likeness (QED) is 0.291. The summed E-state index contributed by atoms with van der Waals surface area (Å²) < 4.78 is 14.1. The summed E-state index contributed by atoms with van der Waals surface area (Å²) in [5.41, 5.74) is 0.796. The number of benzene rings is 2. The van der Waals surface area contributed by atoms with Crippen LogP contribution in [0.15, 0.2) is 65.7 Å². The van der Waals surface area contributed by atoms with E-state index in [1.54, 1.807) is 11.0 Å². The van der Waals surface area contributed by atoms with Gasteiger partial charge in [-0.2, -0.15) is 5.26 Å². The molecule has 0 aliphatic carbocycles. The first-order valence-corrected chi connectivity index (χ1v) is 11.4. The molecule has 0 aliphatic heterocycles. The van der Waals surface area contributed by atoms with Crippen LogP contribution in [-0.2, 0) is 16.3 Å². The third kappa shape index (κ3) is 6.80. The van der Waals surface area contributed by atoms with E-state index in [1.807, 2.05) is 74.5 Å². The number of nitriles is 1. The smallest absolute Gasteiger partial charge is 0.343 e. The Balaban J connectivity index is 2.34. The molecular formula is C20H24N3O2PS. The summed E-state index contributed by atoms with van der Waals surface area (Å²) in [4.78, 5) is 4.49. The van der Waals surface area contributed by atoms with Gasteiger partial charge in [-0.15, -0.1) is 0 Å². The van der Waals surface area contributed by atoms with Gasteiger partial charge in [0.05, 0.1) is 30.6 Å². The third-order valence-corrected chi connectivity index (χ3v) is 6.83. The molecule has 0 heterocycles. The van der Waals surface area contributed by atoms with Crippen LogP contribution >= 0.6 is 6.64 Å². The minimum atomic E-state index is -2.92. The Morgan fingerprint density at radius 3 is 2.41 bits per heavy atom. The lowest BCUT2D eigenvalue weighted by molar-refractivity contribution is 0.201. The largest absolute Gasteiger partial charge is 0.429 e. The Hall–Kier alpha value is -2.19. The van der Waals surface area contributed by atoms with Gasteiger partial charge in [-0.3, -0.25) is 4.67 Å². The van der Waals surface area contributed by atoms with Crippen molar-refractivity contribution in [2.45, 2.75) is 32.8 Å². The Kier molecular flexibility index (Phi) is 8.47. The molecule has 0 aliphatic rings. The molecule has 2 atom stereocenters. The summed E-state index contributed by atoms with van der Waals surface area (Å²) in [5.74, 6) is 0.638. The summed E-state index contributed by atoms with van der Waals surface area (Å²) in [6.45, 7) is 1.45. The second-order valence-corrected chi connectivity index (χ2v) is 9.08. The number of hydrogen-bond acceptors (Lipinski definition) is 5. The first-order chi connectivity index (χ1) is 13.1. The van der Waals surface area contributed by atoms with Crippen LogP contribution in [0.5, 0.6) is 5.75 Å². The molecule has 0 saturated heterocycles. The van der Waals surface area contributed by atoms with Gasteiger partial charge in [0, 0.05) is 6.54 Å². The van der Waals surface area contributed by atoms with Gasteiger partial charge in [-0.1, -0.05) is 43.3 Å². The number of aliphatic imine (C=N–C) groups is 1. The molecule has 142 valence electrons. The summed E-state index contributed by atoms with van der Waals surface area (Å²) in [7, 11) is 0. The van der Waals surface area contributed by atoms with Crippen LogP contribution in [0.3, 0.4) is 0 Å². The van der Waals surface area contributed by atoms with Gasteiger partial charge in [0.15, 0.2) is 0 Å². The van der Waals surface area contributed by atoms with Crippen LogP contribution in [0, 0.1) is 11.3 Å². The Morgan fingerprint density at radius 1 is 1.19 bits per heavy atom. The summed E-state index contributed by atoms with van der Waals surface area (Å²) >= 11 is 5.87. The van der Waals surface area contributed by atoms with Crippen LogP contribution < -0.4 is 4.52 Å². The highest BCUT2D eigenvalue weighted by Gasteiger charge is 2.30. The van der Waals surface area contributed by atoms with Gasteiger partial charge >= 0.3 is 6.64 Å². The highest BCUT2D eigenvalue weighted by molar-refractivity contribution is 8.09. The summed E-state index contributed by atoms with van der Waals surface area (Å²) in [6.07, 6.45) is 2.66. The van der Waals surface area contributed by atoms with Crippen molar-refractivity contribution in [3.8, 4) is 11.8 Å². The normalized spacial score (nSPS) is 14.3. The van der Waals surface area contributed by atoms with E-state index < -0.39 is 6.64 Å². The lowest BCUT2D eigenvalue weighted by Gasteiger charge is -2.33. The minimum absolute atomic E-state index is 0.0748. The van der Waals surface area contributed by atoms with Crippen molar-refractivity contribution in [1.82, 2.24) is 4.67 Å². The van der Waals surface area contributed by atoms with Gasteiger partial charge < -0.3 is 9.05 Å². The van der Waals surface area contributed by atoms with E-state index in [9.17, 15) is 0 Å². The number of nitrogens with zero attached hydrogens (tertiary/aromatic N) is 3. The molecule has 27 heavy (non-hydrogen) atoms. The first kappa shape index (κ1) is 21.1. The van der Waals surface area contributed by atoms with E-state index in [-0.39, 0.29) is 6.10 Å². The first-order valence-electron chi connectivity index (χ1n) is 8.84. The van der Waals surface area contributed by atoms with Gasteiger partial charge in [0.1, 0.15) is 5.75 Å². The molecule has 0 aromatic heterocycles. The van der Waals surface area contributed by atoms with Crippen LogP contribution in [0.1, 0.15) is 26.7 Å². The summed E-state index contributed by atoms with van der Waals surface area (Å²) in [5, 5.41) is 9.06. The molecule has 0 bridgehead atoms. The van der Waals surface area contributed by atoms with Crippen LogP contribution in [0.25, 0.3) is 0 Å². The van der Waals surface area contributed by atoms with E-state index >= 15 is 0 Å². The van der Waals surface area contributed by atoms with Gasteiger partial charge in [0.25, 0.3) is 0 Å². The number of hydrogen-bond donors (Lipinski definition) is 0. The molecule has 0 radical (unpaired) electrons. The SMILES string of the molecule is CCC(C)OP(=S)(Oc1ccccc1)N(C=Nc1ccccc1)CCC#N. The van der Waals surface area contributed by atoms with Crippen molar-refractivity contribution in [2.24, 2.45) is 4.99 Å². The number of rotatable bonds is 10. The molecular weight excluding hydrogens is 377 g/mol. The van der Waals surface area contributed by atoms with Crippen LogP contribution in [-0.4, -0.2) is 23.7 Å². The third-order valence-electron chi connectivity index (χ3n) is 3.72. The monoisotopic (exact) mass is 401 g/mol. The Bertz CT molecular complexity index is 809. The second-order valence-electron chi connectivity index (χ2n) is 5.85. The molecule has 2 rings (SSSR count). The molecule has 2 unspecified atom stereocenters. The van der Waals surface area contributed by atoms with Crippen molar-refractivity contribution < 1.29 is 9.05 Å². The van der Waals surface area contributed by atoms with Crippen LogP contribution in [0.4, 0.5) is 5.69 Å². The van der Waals surface area contributed by atoms with Crippen molar-refractivity contribution in [1.29, 1.82) is 5.26 Å². The highest BCUT2D eigenvalue weighted by Crippen LogP contribution is 2.53. The zero-order chi connectivity index (χ0) is 19.5. The highest BCUT2D eigenvalue weighted by atomic mass is 32.5. The molecule has 0 fully saturated rings. The predicted molar refractivity (Wildman–Crippen MR) is 114 cm³/mol. The average Bonchev–Trinajstić information content (AvgIpc) is 2.69. The molecule has 0 spiro atoms. The Morgan fingerprint density at radius 2 is 1.81 bits per heavy atom. The minimum Gasteiger partial charge on any atom is -0.429 e. The maximum Gasteiger partial charge on any atom is 0.343 e. The van der Waals surface area contributed by atoms with Crippen molar-refractivity contribution in [3.63, 3.8) is 0 Å². The van der Waals surface area contributed by atoms with E-state index in [1.165, 1.54) is 0 Å². The Labute approximate surface area is 166 Å². The zero-order valence-corrected chi connectivity index (χ0v) is 17.3. The van der Waals surface area contributed by atoms with E-state index in [2.05, 4.69) is 11.1 Å². The maximum absolute atomic E-state index is 9.06. The van der Waals surface area contributed by atoms with Crippen LogP contribution in [0.2, 0.25) is 0 Å². The molecule has 0 amide bonds. The fraction of sp³-hybridized carbons (Fsp3) is 0.300. The summed E-state index contributed by atoms with van der Waals surface area (Å²) in [6, 6.07) is 21.1. The lowest BCUT2D eigenvalue weighted by atomic mass is 10.3. The van der Waals surface area contributed by atoms with Gasteiger partial charge in [-0.05, 0) is 49.4 Å². The number of para-hydroxylation sites is 2. The van der Waals surface area contributed by atoms with Gasteiger partial charge in [0.2, 0.25) is 0 Å². The van der Waals surface area contributed by atoms with Gasteiger partial charge in [-0.25, -0.2) is 4.99 Å². The van der Waals surface area contributed by atoms with Crippen molar-refractivity contribution in [2.75, 3.05) is 6.54 Å². The van der Waals surface area contributed by atoms with Crippen molar-refractivity contribution in [3.05, 3.63) is 60.7 Å². The van der Waals surface area contributed by atoms with E-state index in [0.717, 1.165) is 12.1 Å². The molecule has 2 aromatic rings. The van der Waals surface area contributed by atoms with Crippen molar-refractivity contribution >= 4 is 30.5 Å². The van der Waals surface area contributed by atoms with E-state index in [0.29, 0.717) is 18.7 Å². The second kappa shape index (κ2) is 10.8. The topological polar surface area (TPSA) is 57.9 Å². The molecule has 0 N–H and O–H groups in total. The molecule has 0 saturated carbocycles. The average molecular weight is 401 g/mol. The molecule has 2 aromatic carbocycles. The molecule has 7 heteroatoms.